The molecule has 0 aliphatic rings. The van der Waals surface area contributed by atoms with Gasteiger partial charge in [-0.15, -0.1) is 0 Å². The van der Waals surface area contributed by atoms with Gasteiger partial charge >= 0.3 is 5.97 Å². The molecule has 0 amide bonds. The Morgan fingerprint density at radius 2 is 2.09 bits per heavy atom. The summed E-state index contributed by atoms with van der Waals surface area (Å²) in [6, 6.07) is -0.161. The van der Waals surface area contributed by atoms with E-state index in [1.807, 2.05) is 16.4 Å². The maximum absolute atomic E-state index is 12.0. The first-order chi connectivity index (χ1) is 11.0. The minimum Gasteiger partial charge on any atom is -0.442 e. The molecule has 0 aliphatic carbocycles. The number of aliphatic hydroxyl groups is 1. The molecule has 23 heavy (non-hydrogen) atoms. The van der Waals surface area contributed by atoms with Crippen LogP contribution in [0.3, 0.4) is 0 Å². The lowest BCUT2D eigenvalue weighted by molar-refractivity contribution is -0.127. The summed E-state index contributed by atoms with van der Waals surface area (Å²) >= 11 is 1.72. The predicted molar refractivity (Wildman–Crippen MR) is 96.6 cm³/mol. The van der Waals surface area contributed by atoms with Gasteiger partial charge in [-0.05, 0) is 37.0 Å². The molecule has 3 atom stereocenters. The fraction of sp³-hybridized carbons (Fsp3) is 0.625. The molecule has 0 saturated carbocycles. The highest BCUT2D eigenvalue weighted by Gasteiger charge is 2.18. The second-order valence-corrected chi connectivity index (χ2v) is 6.37. The lowest BCUT2D eigenvalue weighted by Gasteiger charge is -2.16. The van der Waals surface area contributed by atoms with Crippen LogP contribution in [-0.2, 0) is 14.1 Å². The lowest BCUT2D eigenvalue weighted by atomic mass is 9.99. The molecular formula is C16H24NO4PS. The van der Waals surface area contributed by atoms with Gasteiger partial charge in [-0.1, -0.05) is 12.8 Å². The SMILES string of the molecule is CNC(CCSCCC#CC#CC(=O)OP)C(=O)CC(C)CO. The maximum atomic E-state index is 12.0. The van der Waals surface area contributed by atoms with Gasteiger partial charge < -0.3 is 14.9 Å². The molecule has 0 rings (SSSR count). The number of Topliss-reactive ketones (excluding diaryl/α,β-unsaturated/α-hetero) is 1. The monoisotopic (exact) mass is 357 g/mol. The number of carbonyl (C=O) groups excluding carboxylic acids is 2. The first-order valence-corrected chi connectivity index (χ1v) is 8.95. The molecule has 0 radical (unpaired) electrons. The first-order valence-electron chi connectivity index (χ1n) is 7.33. The minimum atomic E-state index is -0.628. The van der Waals surface area contributed by atoms with Gasteiger partial charge in [0.25, 0.3) is 0 Å². The molecule has 2 N–H and O–H groups in total. The van der Waals surface area contributed by atoms with Gasteiger partial charge in [-0.3, -0.25) is 4.79 Å². The third kappa shape index (κ3) is 12.1. The first kappa shape index (κ1) is 22.0. The van der Waals surface area contributed by atoms with Crippen molar-refractivity contribution in [3.63, 3.8) is 0 Å². The molecule has 7 heteroatoms. The second-order valence-electron chi connectivity index (χ2n) is 4.91. The van der Waals surface area contributed by atoms with E-state index in [1.165, 1.54) is 0 Å². The van der Waals surface area contributed by atoms with Crippen molar-refractivity contribution in [2.24, 2.45) is 5.92 Å². The minimum absolute atomic E-state index is 0.00553. The molecule has 0 aromatic heterocycles. The molecule has 0 aromatic carbocycles. The van der Waals surface area contributed by atoms with Crippen molar-refractivity contribution in [1.82, 2.24) is 5.32 Å². The summed E-state index contributed by atoms with van der Waals surface area (Å²) in [7, 11) is 3.61. The van der Waals surface area contributed by atoms with Crippen molar-refractivity contribution in [2.45, 2.75) is 32.2 Å². The number of nitrogens with one attached hydrogen (secondary N) is 1. The van der Waals surface area contributed by atoms with E-state index in [0.29, 0.717) is 12.8 Å². The van der Waals surface area contributed by atoms with Crippen molar-refractivity contribution in [3.8, 4) is 23.7 Å². The zero-order chi connectivity index (χ0) is 17.5. The van der Waals surface area contributed by atoms with Gasteiger partial charge in [0.05, 0.1) is 15.5 Å². The topological polar surface area (TPSA) is 75.6 Å². The van der Waals surface area contributed by atoms with E-state index in [0.717, 1.165) is 17.9 Å². The van der Waals surface area contributed by atoms with Crippen molar-refractivity contribution in [2.75, 3.05) is 25.2 Å². The third-order valence-corrected chi connectivity index (χ3v) is 4.17. The van der Waals surface area contributed by atoms with Crippen LogP contribution in [0, 0.1) is 29.6 Å². The molecule has 0 saturated heterocycles. The Balaban J connectivity index is 3.88. The number of ketones is 1. The van der Waals surface area contributed by atoms with Crippen molar-refractivity contribution < 1.29 is 19.2 Å². The average molecular weight is 357 g/mol. The standard InChI is InChI=1S/C16H24NO4PS/c1-13(12-18)11-15(19)14(17-2)8-10-23-9-6-4-3-5-7-16(20)21-22/h13-14,17-18H,6,8-12,22H2,1-2H3. The molecule has 0 fully saturated rings. The highest BCUT2D eigenvalue weighted by Crippen LogP contribution is 2.10. The van der Waals surface area contributed by atoms with Crippen LogP contribution in [-0.4, -0.2) is 48.1 Å². The molecule has 0 aliphatic heterocycles. The van der Waals surface area contributed by atoms with Crippen LogP contribution in [0.15, 0.2) is 0 Å². The molecule has 3 unspecified atom stereocenters. The summed E-state index contributed by atoms with van der Waals surface area (Å²) in [6.07, 6.45) is 1.83. The Kier molecular flexibility index (Phi) is 13.9. The fourth-order valence-electron chi connectivity index (χ4n) is 1.66. The predicted octanol–water partition coefficient (Wildman–Crippen LogP) is 1.02. The van der Waals surface area contributed by atoms with Crippen molar-refractivity contribution in [3.05, 3.63) is 0 Å². The lowest BCUT2D eigenvalue weighted by Crippen LogP contribution is -2.35. The molecule has 0 heterocycles. The maximum Gasteiger partial charge on any atom is 0.387 e. The van der Waals surface area contributed by atoms with Crippen molar-refractivity contribution >= 4 is 33.0 Å². The van der Waals surface area contributed by atoms with Gasteiger partial charge in [0.1, 0.15) is 5.78 Å². The van der Waals surface area contributed by atoms with Crippen LogP contribution in [0.2, 0.25) is 0 Å². The Labute approximate surface area is 145 Å². The normalized spacial score (nSPS) is 12.2. The van der Waals surface area contributed by atoms with Crippen LogP contribution in [0.1, 0.15) is 26.2 Å². The van der Waals surface area contributed by atoms with Gasteiger partial charge in [0, 0.05) is 31.1 Å². The van der Waals surface area contributed by atoms with Gasteiger partial charge in [-0.25, -0.2) is 4.79 Å². The second kappa shape index (κ2) is 14.5. The largest absolute Gasteiger partial charge is 0.442 e. The average Bonchev–Trinajstić information content (AvgIpc) is 2.55. The van der Waals surface area contributed by atoms with Gasteiger partial charge in [-0.2, -0.15) is 11.8 Å². The van der Waals surface area contributed by atoms with Crippen LogP contribution < -0.4 is 5.32 Å². The quantitative estimate of drug-likeness (QED) is 0.345. The number of hydrogen-bond donors (Lipinski definition) is 2. The Morgan fingerprint density at radius 1 is 1.35 bits per heavy atom. The number of thioether (sulfide) groups is 1. The number of rotatable bonds is 10. The smallest absolute Gasteiger partial charge is 0.387 e. The van der Waals surface area contributed by atoms with E-state index in [-0.39, 0.29) is 24.3 Å². The van der Waals surface area contributed by atoms with Crippen LogP contribution in [0.25, 0.3) is 0 Å². The van der Waals surface area contributed by atoms with E-state index >= 15 is 0 Å². The van der Waals surface area contributed by atoms with Crippen LogP contribution in [0.5, 0.6) is 0 Å². The van der Waals surface area contributed by atoms with Crippen LogP contribution >= 0.6 is 21.2 Å². The zero-order valence-corrected chi connectivity index (χ0v) is 15.5. The summed E-state index contributed by atoms with van der Waals surface area (Å²) < 4.78 is 4.28. The summed E-state index contributed by atoms with van der Waals surface area (Å²) in [5.41, 5.74) is 0. The summed E-state index contributed by atoms with van der Waals surface area (Å²) in [6.45, 7) is 1.90. The molecular weight excluding hydrogens is 333 g/mol. The van der Waals surface area contributed by atoms with Gasteiger partial charge in [0.2, 0.25) is 0 Å². The summed E-state index contributed by atoms with van der Waals surface area (Å²) in [5.74, 6) is 11.3. The highest BCUT2D eigenvalue weighted by molar-refractivity contribution is 7.99. The van der Waals surface area contributed by atoms with E-state index in [2.05, 4.69) is 33.5 Å². The molecule has 0 aromatic rings. The number of hydrogen-bond acceptors (Lipinski definition) is 6. The number of aliphatic hydroxyl groups excluding tert-OH is 1. The van der Waals surface area contributed by atoms with Crippen LogP contribution in [0.4, 0.5) is 0 Å². The van der Waals surface area contributed by atoms with E-state index < -0.39 is 5.97 Å². The highest BCUT2D eigenvalue weighted by atomic mass is 32.2. The van der Waals surface area contributed by atoms with Crippen molar-refractivity contribution in [1.29, 1.82) is 0 Å². The summed E-state index contributed by atoms with van der Waals surface area (Å²) in [5, 5.41) is 12.0. The number of likely N-dealkylation sites (N-methyl/N-ethyl adjacent to an activating group) is 1. The van der Waals surface area contributed by atoms with Gasteiger partial charge in [0.15, 0.2) is 0 Å². The molecule has 5 nitrogen and oxygen atoms in total. The Morgan fingerprint density at radius 3 is 2.70 bits per heavy atom. The fourth-order valence-corrected chi connectivity index (χ4v) is 2.57. The van der Waals surface area contributed by atoms with E-state index in [4.69, 9.17) is 5.11 Å². The number of carbonyl (C=O) groups is 2. The molecule has 128 valence electrons. The zero-order valence-electron chi connectivity index (χ0n) is 13.6. The molecule has 0 spiro atoms. The summed E-state index contributed by atoms with van der Waals surface area (Å²) in [4.78, 5) is 22.7. The Bertz CT molecular complexity index is 490. The Hall–Kier alpha value is -1.04. The van der Waals surface area contributed by atoms with E-state index in [1.54, 1.807) is 18.8 Å². The third-order valence-electron chi connectivity index (χ3n) is 2.94. The van der Waals surface area contributed by atoms with E-state index in [9.17, 15) is 9.59 Å². The molecule has 0 bridgehead atoms.